The van der Waals surface area contributed by atoms with Crippen LogP contribution in [-0.4, -0.2) is 73.4 Å². The van der Waals surface area contributed by atoms with E-state index in [1.807, 2.05) is 0 Å². The second kappa shape index (κ2) is 10.3. The number of esters is 1. The zero-order chi connectivity index (χ0) is 24.1. The molecule has 0 radical (unpaired) electrons. The van der Waals surface area contributed by atoms with Crippen LogP contribution in [0.4, 0.5) is 5.13 Å². The topological polar surface area (TPSA) is 185 Å². The monoisotopic (exact) mass is 493 g/mol. The molecule has 3 rings (SSSR count). The number of nitrogens with zero attached hydrogens (tertiary/aromatic N) is 3. The van der Waals surface area contributed by atoms with Crippen molar-refractivity contribution in [2.45, 2.75) is 18.3 Å². The molecule has 2 amide bonds. The average Bonchev–Trinajstić information content (AvgIpc) is 3.21. The Balaban J connectivity index is 1.70. The number of nitrogens with two attached hydrogens (primary N) is 1. The second-order valence-electron chi connectivity index (χ2n) is 6.63. The number of thiazole rings is 1. The van der Waals surface area contributed by atoms with E-state index in [-0.39, 0.29) is 34.5 Å². The lowest BCUT2D eigenvalue weighted by molar-refractivity contribution is -0.150. The molecule has 3 heterocycles. The molecular formula is C19H19N5O7S2. The van der Waals surface area contributed by atoms with E-state index in [0.29, 0.717) is 0 Å². The van der Waals surface area contributed by atoms with Crippen LogP contribution < -0.4 is 11.1 Å². The van der Waals surface area contributed by atoms with Crippen molar-refractivity contribution in [2.24, 2.45) is 5.16 Å². The number of aromatic nitrogens is 1. The number of allylic oxidation sites excluding steroid dienone is 3. The van der Waals surface area contributed by atoms with Gasteiger partial charge in [-0.2, -0.15) is 0 Å². The molecule has 12 nitrogen and oxygen atoms in total. The summed E-state index contributed by atoms with van der Waals surface area (Å²) in [6.45, 7) is 1.48. The number of β-lactam (4-membered cyclic amide) rings is 1. The summed E-state index contributed by atoms with van der Waals surface area (Å²) in [5, 5.41) is 25.1. The molecule has 1 saturated heterocycles. The summed E-state index contributed by atoms with van der Waals surface area (Å²) in [5.41, 5.74) is 5.10. The molecule has 2 atom stereocenters. The normalized spacial score (nSPS) is 20.7. The van der Waals surface area contributed by atoms with Gasteiger partial charge in [-0.05, 0) is 6.92 Å². The largest absolute Gasteiger partial charge is 0.477 e. The number of carbonyl (C=O) groups is 4. The Bertz CT molecular complexity index is 1110. The van der Waals surface area contributed by atoms with E-state index >= 15 is 0 Å². The molecule has 2 aliphatic rings. The van der Waals surface area contributed by atoms with E-state index in [1.165, 1.54) is 29.3 Å². The number of amides is 2. The van der Waals surface area contributed by atoms with Gasteiger partial charge in [0.15, 0.2) is 10.8 Å². The molecule has 0 unspecified atom stereocenters. The van der Waals surface area contributed by atoms with Gasteiger partial charge in [0, 0.05) is 22.8 Å². The highest BCUT2D eigenvalue weighted by Gasteiger charge is 2.54. The predicted octanol–water partition coefficient (Wildman–Crippen LogP) is 0.318. The Hall–Kier alpha value is -3.65. The summed E-state index contributed by atoms with van der Waals surface area (Å²) in [6.07, 6.45) is 6.03. The van der Waals surface area contributed by atoms with Crippen molar-refractivity contribution in [3.8, 4) is 0 Å². The molecule has 1 aromatic rings. The summed E-state index contributed by atoms with van der Waals surface area (Å²) in [6, 6.07) is -1.04. The van der Waals surface area contributed by atoms with E-state index < -0.39 is 40.9 Å². The third kappa shape index (κ3) is 5.06. The summed E-state index contributed by atoms with van der Waals surface area (Å²) in [7, 11) is 0. The fourth-order valence-corrected chi connectivity index (χ4v) is 4.94. The van der Waals surface area contributed by atoms with Crippen LogP contribution in [0.3, 0.4) is 0 Å². The van der Waals surface area contributed by atoms with Gasteiger partial charge in [0.25, 0.3) is 11.8 Å². The fraction of sp³-hybridized carbons (Fsp3) is 0.263. The Morgan fingerprint density at radius 1 is 1.42 bits per heavy atom. The molecule has 0 bridgehead atoms. The van der Waals surface area contributed by atoms with Crippen molar-refractivity contribution in [3.63, 3.8) is 0 Å². The molecule has 5 N–H and O–H groups in total. The second-order valence-corrected chi connectivity index (χ2v) is 8.63. The fourth-order valence-electron chi connectivity index (χ4n) is 3.06. The minimum absolute atomic E-state index is 0.0381. The van der Waals surface area contributed by atoms with Crippen LogP contribution in [0.25, 0.3) is 0 Å². The predicted molar refractivity (Wildman–Crippen MR) is 119 cm³/mol. The quantitative estimate of drug-likeness (QED) is 0.0747. The van der Waals surface area contributed by atoms with Crippen molar-refractivity contribution in [3.05, 3.63) is 46.6 Å². The Morgan fingerprint density at radius 2 is 2.18 bits per heavy atom. The van der Waals surface area contributed by atoms with Crippen molar-refractivity contribution < 1.29 is 34.2 Å². The Labute approximate surface area is 195 Å². The lowest BCUT2D eigenvalue weighted by Crippen LogP contribution is -2.71. The molecule has 2 aliphatic heterocycles. The first kappa shape index (κ1) is 24.0. The van der Waals surface area contributed by atoms with Crippen LogP contribution in [0, 0.1) is 0 Å². The van der Waals surface area contributed by atoms with E-state index in [1.54, 1.807) is 19.1 Å². The molecule has 1 fully saturated rings. The number of ether oxygens (including phenoxy) is 1. The highest BCUT2D eigenvalue weighted by atomic mass is 32.2. The number of carboxylic acid groups (broad SMARTS) is 1. The number of anilines is 1. The van der Waals surface area contributed by atoms with Gasteiger partial charge < -0.3 is 26.1 Å². The van der Waals surface area contributed by atoms with Crippen molar-refractivity contribution >= 4 is 57.7 Å². The zero-order valence-electron chi connectivity index (χ0n) is 17.1. The molecular weight excluding hydrogens is 474 g/mol. The minimum atomic E-state index is -1.36. The zero-order valence-corrected chi connectivity index (χ0v) is 18.8. The van der Waals surface area contributed by atoms with Crippen LogP contribution in [0.2, 0.25) is 0 Å². The van der Waals surface area contributed by atoms with E-state index in [9.17, 15) is 29.5 Å². The van der Waals surface area contributed by atoms with Crippen molar-refractivity contribution in [2.75, 3.05) is 18.1 Å². The van der Waals surface area contributed by atoms with Crippen molar-refractivity contribution in [1.29, 1.82) is 0 Å². The minimum Gasteiger partial charge on any atom is -0.477 e. The van der Waals surface area contributed by atoms with Crippen LogP contribution >= 0.6 is 23.1 Å². The van der Waals surface area contributed by atoms with Crippen LogP contribution in [0.1, 0.15) is 12.6 Å². The number of rotatable bonds is 8. The van der Waals surface area contributed by atoms with Gasteiger partial charge in [0.2, 0.25) is 0 Å². The van der Waals surface area contributed by atoms with Gasteiger partial charge in [-0.25, -0.2) is 14.6 Å². The summed E-state index contributed by atoms with van der Waals surface area (Å²) >= 11 is 2.24. The van der Waals surface area contributed by atoms with Gasteiger partial charge in [-0.3, -0.25) is 14.5 Å². The highest BCUT2D eigenvalue weighted by Crippen LogP contribution is 2.40. The third-order valence-electron chi connectivity index (χ3n) is 4.54. The molecule has 33 heavy (non-hydrogen) atoms. The SMILES string of the molecule is C/C=C/C=C/C(=O)OCC1=C(C(=O)O)N2C(=O)[C@@H](NC(=O)/C(=N\O)c3csc(N)n3)[C@H]2SC1. The van der Waals surface area contributed by atoms with Crippen molar-refractivity contribution in [1.82, 2.24) is 15.2 Å². The Morgan fingerprint density at radius 3 is 2.79 bits per heavy atom. The van der Waals surface area contributed by atoms with E-state index in [4.69, 9.17) is 10.5 Å². The lowest BCUT2D eigenvalue weighted by Gasteiger charge is -2.49. The number of nitrogens with one attached hydrogen (secondary N) is 1. The van der Waals surface area contributed by atoms with Crippen LogP contribution in [-0.2, 0) is 23.9 Å². The molecule has 0 saturated carbocycles. The number of hydrogen-bond acceptors (Lipinski definition) is 11. The summed E-state index contributed by atoms with van der Waals surface area (Å²) in [4.78, 5) is 53.7. The lowest BCUT2D eigenvalue weighted by atomic mass is 10.0. The maximum Gasteiger partial charge on any atom is 0.352 e. The number of hydrogen-bond donors (Lipinski definition) is 4. The smallest absolute Gasteiger partial charge is 0.352 e. The molecule has 174 valence electrons. The van der Waals surface area contributed by atoms with Crippen LogP contribution in [0.15, 0.2) is 46.1 Å². The summed E-state index contributed by atoms with van der Waals surface area (Å²) < 4.78 is 5.08. The maximum atomic E-state index is 12.7. The van der Waals surface area contributed by atoms with E-state index in [0.717, 1.165) is 16.2 Å². The van der Waals surface area contributed by atoms with Crippen LogP contribution in [0.5, 0.6) is 0 Å². The molecule has 0 spiro atoms. The number of thioether (sulfide) groups is 1. The molecule has 1 aromatic heterocycles. The number of oxime groups is 1. The van der Waals surface area contributed by atoms with Gasteiger partial charge in [0.05, 0.1) is 0 Å². The number of fused-ring (bicyclic) bond motifs is 1. The van der Waals surface area contributed by atoms with Gasteiger partial charge in [-0.1, -0.05) is 23.4 Å². The summed E-state index contributed by atoms with van der Waals surface area (Å²) in [5.74, 6) is -3.38. The molecule has 0 aromatic carbocycles. The first-order valence-electron chi connectivity index (χ1n) is 9.38. The van der Waals surface area contributed by atoms with Gasteiger partial charge in [0.1, 0.15) is 29.4 Å². The van der Waals surface area contributed by atoms with E-state index in [2.05, 4.69) is 15.5 Å². The maximum absolute atomic E-state index is 12.7. The first-order valence-corrected chi connectivity index (χ1v) is 11.3. The standard InChI is InChI=1S/C19H19N5O7S2/c1-2-3-4-5-11(25)31-6-9-7-32-17-13(16(27)24(17)14(9)18(28)29)22-15(26)12(23-30)10-8-33-19(20)21-10/h2-5,8,13,17,30H,6-7H2,1H3,(H2,20,21)(H,22,26)(H,28,29)/b3-2+,5-4+,23-12-/t13-,17-/m1/s1. The molecule has 14 heteroatoms. The molecule has 0 aliphatic carbocycles. The van der Waals surface area contributed by atoms with Gasteiger partial charge >= 0.3 is 11.9 Å². The number of aliphatic carboxylic acids is 1. The highest BCUT2D eigenvalue weighted by molar-refractivity contribution is 8.00. The average molecular weight is 494 g/mol. The first-order chi connectivity index (χ1) is 15.8. The number of nitrogen functional groups attached to an aromatic ring is 1. The Kier molecular flexibility index (Phi) is 7.50. The van der Waals surface area contributed by atoms with Gasteiger partial charge in [-0.15, -0.1) is 23.1 Å². The number of carboxylic acids is 1. The number of carbonyl (C=O) groups excluding carboxylic acids is 3. The third-order valence-corrected chi connectivity index (χ3v) is 6.55.